The number of carbonyl (C=O) groups is 5. The van der Waals surface area contributed by atoms with E-state index in [1.54, 1.807) is 31.2 Å². The first-order chi connectivity index (χ1) is 17.5. The van der Waals surface area contributed by atoms with E-state index in [-0.39, 0.29) is 31.6 Å². The Morgan fingerprint density at radius 2 is 1.51 bits per heavy atom. The monoisotopic (exact) mass is 538 g/mol. The first kappa shape index (κ1) is 31.9. The highest BCUT2D eigenvalue weighted by Gasteiger charge is 2.32. The maximum atomic E-state index is 13.2. The van der Waals surface area contributed by atoms with Crippen LogP contribution in [0.15, 0.2) is 30.3 Å². The molecule has 0 radical (unpaired) electrons. The Bertz CT molecular complexity index is 916. The van der Waals surface area contributed by atoms with Gasteiger partial charge in [0.05, 0.1) is 6.04 Å². The number of carbonyl (C=O) groups excluding carboxylic acids is 3. The number of thioether (sulfide) groups is 1. The van der Waals surface area contributed by atoms with Crippen LogP contribution in [-0.4, -0.2) is 76.0 Å². The smallest absolute Gasteiger partial charge is 0.326 e. The maximum Gasteiger partial charge on any atom is 0.326 e. The van der Waals surface area contributed by atoms with E-state index < -0.39 is 53.8 Å². The Hall–Kier alpha value is -3.12. The highest BCUT2D eigenvalue weighted by molar-refractivity contribution is 7.98. The predicted octanol–water partition coefficient (Wildman–Crippen LogP) is 0.759. The molecule has 0 bridgehead atoms. The number of nitrogens with one attached hydrogen (secondary N) is 3. The normalized spacial score (nSPS) is 14.9. The Morgan fingerprint density at radius 1 is 0.919 bits per heavy atom. The molecule has 12 heteroatoms. The molecule has 5 atom stereocenters. The summed E-state index contributed by atoms with van der Waals surface area (Å²) in [7, 11) is 0. The summed E-state index contributed by atoms with van der Waals surface area (Å²) in [6.07, 6.45) is 2.32. The summed E-state index contributed by atoms with van der Waals surface area (Å²) >= 11 is 1.46. The number of amides is 3. The predicted molar refractivity (Wildman–Crippen MR) is 141 cm³/mol. The molecule has 0 heterocycles. The van der Waals surface area contributed by atoms with Crippen LogP contribution in [0.5, 0.6) is 0 Å². The summed E-state index contributed by atoms with van der Waals surface area (Å²) in [5, 5.41) is 26.2. The van der Waals surface area contributed by atoms with Gasteiger partial charge in [-0.3, -0.25) is 19.2 Å². The molecule has 206 valence electrons. The van der Waals surface area contributed by atoms with Crippen molar-refractivity contribution in [1.29, 1.82) is 0 Å². The van der Waals surface area contributed by atoms with Gasteiger partial charge in [0.2, 0.25) is 17.7 Å². The second kappa shape index (κ2) is 16.6. The molecule has 0 saturated heterocycles. The van der Waals surface area contributed by atoms with E-state index in [2.05, 4.69) is 16.0 Å². The molecule has 0 spiro atoms. The number of hydrogen-bond donors (Lipinski definition) is 6. The van der Waals surface area contributed by atoms with Crippen LogP contribution in [0.4, 0.5) is 0 Å². The van der Waals surface area contributed by atoms with Crippen LogP contribution in [0.2, 0.25) is 0 Å². The summed E-state index contributed by atoms with van der Waals surface area (Å²) in [5.74, 6) is -4.03. The number of benzene rings is 1. The van der Waals surface area contributed by atoms with E-state index in [0.717, 1.165) is 5.56 Å². The number of nitrogens with two attached hydrogens (primary N) is 1. The molecule has 1 rings (SSSR count). The molecule has 3 amide bonds. The Kier molecular flexibility index (Phi) is 14.3. The van der Waals surface area contributed by atoms with E-state index in [0.29, 0.717) is 12.2 Å². The summed E-state index contributed by atoms with van der Waals surface area (Å²) in [6.45, 7) is 3.53. The van der Waals surface area contributed by atoms with Crippen molar-refractivity contribution in [3.63, 3.8) is 0 Å². The van der Waals surface area contributed by atoms with E-state index >= 15 is 0 Å². The van der Waals surface area contributed by atoms with Crippen LogP contribution in [-0.2, 0) is 30.4 Å². The van der Waals surface area contributed by atoms with Gasteiger partial charge in [-0.25, -0.2) is 4.79 Å². The lowest BCUT2D eigenvalue weighted by atomic mass is 9.98. The third kappa shape index (κ3) is 11.6. The highest BCUT2D eigenvalue weighted by atomic mass is 32.2. The first-order valence-corrected chi connectivity index (χ1v) is 13.5. The molecule has 37 heavy (non-hydrogen) atoms. The second-order valence-electron chi connectivity index (χ2n) is 8.84. The number of rotatable bonds is 17. The van der Waals surface area contributed by atoms with E-state index in [9.17, 15) is 29.1 Å². The maximum absolute atomic E-state index is 13.2. The van der Waals surface area contributed by atoms with Crippen LogP contribution in [0, 0.1) is 5.92 Å². The van der Waals surface area contributed by atoms with Gasteiger partial charge in [0.1, 0.15) is 18.1 Å². The van der Waals surface area contributed by atoms with Gasteiger partial charge in [-0.05, 0) is 36.3 Å². The minimum atomic E-state index is -1.17. The van der Waals surface area contributed by atoms with Crippen LogP contribution in [0.1, 0.15) is 45.1 Å². The Balaban J connectivity index is 3.09. The number of aliphatic carboxylic acids is 2. The molecule has 7 N–H and O–H groups in total. The largest absolute Gasteiger partial charge is 0.481 e. The average molecular weight is 539 g/mol. The van der Waals surface area contributed by atoms with Crippen molar-refractivity contribution >= 4 is 41.4 Å². The van der Waals surface area contributed by atoms with Crippen molar-refractivity contribution in [3.05, 3.63) is 35.9 Å². The standard InChI is InChI=1S/C25H38N4O7S/c1-4-15(2)21(25(35)36)29-24(34)19(14-16-8-6-5-7-9-16)28-23(33)18(12-13-37-3)27-22(32)17(26)10-11-20(30)31/h5-9,15,17-19,21H,4,10-14,26H2,1-3H3,(H,27,32)(H,28,33)(H,29,34)(H,30,31)(H,35,36). The van der Waals surface area contributed by atoms with Gasteiger partial charge >= 0.3 is 11.9 Å². The van der Waals surface area contributed by atoms with Gasteiger partial charge in [-0.1, -0.05) is 50.6 Å². The van der Waals surface area contributed by atoms with Gasteiger partial charge in [0.15, 0.2) is 0 Å². The van der Waals surface area contributed by atoms with Gasteiger partial charge in [-0.2, -0.15) is 11.8 Å². The average Bonchev–Trinajstić information content (AvgIpc) is 2.87. The zero-order valence-electron chi connectivity index (χ0n) is 21.4. The first-order valence-electron chi connectivity index (χ1n) is 12.1. The van der Waals surface area contributed by atoms with Crippen molar-refractivity contribution in [1.82, 2.24) is 16.0 Å². The lowest BCUT2D eigenvalue weighted by molar-refractivity contribution is -0.144. The van der Waals surface area contributed by atoms with Crippen LogP contribution >= 0.6 is 11.8 Å². The van der Waals surface area contributed by atoms with Crippen LogP contribution < -0.4 is 21.7 Å². The molecular weight excluding hydrogens is 500 g/mol. The van der Waals surface area contributed by atoms with Crippen LogP contribution in [0.3, 0.4) is 0 Å². The molecule has 0 aromatic heterocycles. The molecule has 11 nitrogen and oxygen atoms in total. The molecule has 5 unspecified atom stereocenters. The Morgan fingerprint density at radius 3 is 2.05 bits per heavy atom. The molecule has 0 aliphatic carbocycles. The fourth-order valence-corrected chi connectivity index (χ4v) is 3.93. The fraction of sp³-hybridized carbons (Fsp3) is 0.560. The van der Waals surface area contributed by atoms with E-state index in [1.807, 2.05) is 19.2 Å². The molecular formula is C25H38N4O7S. The summed E-state index contributed by atoms with van der Waals surface area (Å²) in [5.41, 5.74) is 6.54. The third-order valence-corrected chi connectivity index (χ3v) is 6.59. The van der Waals surface area contributed by atoms with Gasteiger partial charge in [-0.15, -0.1) is 0 Å². The van der Waals surface area contributed by atoms with Gasteiger partial charge in [0, 0.05) is 12.8 Å². The second-order valence-corrected chi connectivity index (χ2v) is 9.83. The minimum Gasteiger partial charge on any atom is -0.481 e. The van der Waals surface area contributed by atoms with Crippen molar-refractivity contribution < 1.29 is 34.2 Å². The lowest BCUT2D eigenvalue weighted by Gasteiger charge is -2.26. The fourth-order valence-electron chi connectivity index (χ4n) is 3.46. The van der Waals surface area contributed by atoms with Crippen molar-refractivity contribution in [2.75, 3.05) is 12.0 Å². The minimum absolute atomic E-state index is 0.0940. The number of carboxylic acid groups (broad SMARTS) is 2. The van der Waals surface area contributed by atoms with E-state index in [4.69, 9.17) is 10.8 Å². The SMILES string of the molecule is CCC(C)C(NC(=O)C(Cc1ccccc1)NC(=O)C(CCSC)NC(=O)C(N)CCC(=O)O)C(=O)O. The zero-order chi connectivity index (χ0) is 28.0. The molecule has 1 aromatic carbocycles. The lowest BCUT2D eigenvalue weighted by Crippen LogP contribution is -2.58. The Labute approximate surface area is 221 Å². The summed E-state index contributed by atoms with van der Waals surface area (Å²) in [6, 6.07) is 4.57. The zero-order valence-corrected chi connectivity index (χ0v) is 22.3. The molecule has 1 aromatic rings. The highest BCUT2D eigenvalue weighted by Crippen LogP contribution is 2.11. The molecule has 0 aliphatic rings. The number of hydrogen-bond acceptors (Lipinski definition) is 7. The van der Waals surface area contributed by atoms with Gasteiger partial charge in [0.25, 0.3) is 0 Å². The molecule has 0 fully saturated rings. The van der Waals surface area contributed by atoms with Crippen LogP contribution in [0.25, 0.3) is 0 Å². The topological polar surface area (TPSA) is 188 Å². The van der Waals surface area contributed by atoms with Crippen molar-refractivity contribution in [2.24, 2.45) is 11.7 Å². The third-order valence-electron chi connectivity index (χ3n) is 5.94. The van der Waals surface area contributed by atoms with Crippen molar-refractivity contribution in [3.8, 4) is 0 Å². The summed E-state index contributed by atoms with van der Waals surface area (Å²) < 4.78 is 0. The quantitative estimate of drug-likeness (QED) is 0.166. The van der Waals surface area contributed by atoms with Gasteiger partial charge < -0.3 is 31.9 Å². The number of carboxylic acids is 2. The van der Waals surface area contributed by atoms with Crippen molar-refractivity contribution in [2.45, 2.75) is 70.1 Å². The molecule has 0 saturated carbocycles. The van der Waals surface area contributed by atoms with E-state index in [1.165, 1.54) is 11.8 Å². The summed E-state index contributed by atoms with van der Waals surface area (Å²) in [4.78, 5) is 61.4. The molecule has 0 aliphatic heterocycles.